The van der Waals surface area contributed by atoms with Crippen LogP contribution in [0.5, 0.6) is 0 Å². The molecule has 0 saturated heterocycles. The van der Waals surface area contributed by atoms with Gasteiger partial charge in [0.05, 0.1) is 6.61 Å². The van der Waals surface area contributed by atoms with Crippen LogP contribution >= 0.6 is 0 Å². The smallest absolute Gasteiger partial charge is 0.341 e. The fraction of sp³-hybridized carbons (Fsp3) is 0.462. The summed E-state index contributed by atoms with van der Waals surface area (Å²) in [5.41, 5.74) is 7.20. The van der Waals surface area contributed by atoms with Gasteiger partial charge in [-0.15, -0.1) is 0 Å². The maximum Gasteiger partial charge on any atom is 0.341 e. The minimum atomic E-state index is -0.484. The minimum absolute atomic E-state index is 0.00427. The molecule has 0 spiro atoms. The van der Waals surface area contributed by atoms with Gasteiger partial charge in [-0.2, -0.15) is 0 Å². The molecule has 0 radical (unpaired) electrons. The Balaban J connectivity index is 2.44. The van der Waals surface area contributed by atoms with Crippen LogP contribution in [0.15, 0.2) is 6.07 Å². The van der Waals surface area contributed by atoms with Crippen molar-refractivity contribution >= 4 is 17.6 Å². The van der Waals surface area contributed by atoms with Crippen molar-refractivity contribution in [1.82, 2.24) is 4.98 Å². The van der Waals surface area contributed by atoms with Crippen molar-refractivity contribution < 1.29 is 14.3 Å². The third-order valence-electron chi connectivity index (χ3n) is 2.99. The SMILES string of the molecule is CCOC(=O)c1cc2c(nc1N)C(=O)CCCC2. The number of ether oxygens (including phenoxy) is 1. The van der Waals surface area contributed by atoms with Crippen LogP contribution in [-0.2, 0) is 11.2 Å². The van der Waals surface area contributed by atoms with Gasteiger partial charge in [0.1, 0.15) is 17.1 Å². The van der Waals surface area contributed by atoms with E-state index in [-0.39, 0.29) is 23.8 Å². The number of nitrogens with zero attached hydrogens (tertiary/aromatic N) is 1. The van der Waals surface area contributed by atoms with E-state index in [9.17, 15) is 9.59 Å². The van der Waals surface area contributed by atoms with E-state index in [1.807, 2.05) is 0 Å². The van der Waals surface area contributed by atoms with Gasteiger partial charge in [0.15, 0.2) is 5.78 Å². The first-order chi connectivity index (χ1) is 8.63. The zero-order valence-electron chi connectivity index (χ0n) is 10.4. The highest BCUT2D eigenvalue weighted by Crippen LogP contribution is 2.23. The first-order valence-corrected chi connectivity index (χ1v) is 6.13. The molecule has 0 aliphatic heterocycles. The normalized spacial score (nSPS) is 14.8. The van der Waals surface area contributed by atoms with Crippen molar-refractivity contribution in [3.05, 3.63) is 22.9 Å². The Morgan fingerprint density at radius 3 is 2.89 bits per heavy atom. The molecule has 0 amide bonds. The van der Waals surface area contributed by atoms with Crippen molar-refractivity contribution in [3.63, 3.8) is 0 Å². The molecular formula is C13H16N2O3. The van der Waals surface area contributed by atoms with Crippen molar-refractivity contribution in [1.29, 1.82) is 0 Å². The lowest BCUT2D eigenvalue weighted by atomic mass is 10.1. The molecule has 0 saturated carbocycles. The maximum atomic E-state index is 11.8. The summed E-state index contributed by atoms with van der Waals surface area (Å²) in [7, 11) is 0. The molecule has 5 heteroatoms. The van der Waals surface area contributed by atoms with Gasteiger partial charge in [-0.25, -0.2) is 9.78 Å². The molecular weight excluding hydrogens is 232 g/mol. The van der Waals surface area contributed by atoms with Gasteiger partial charge in [0, 0.05) is 6.42 Å². The third kappa shape index (κ3) is 2.34. The minimum Gasteiger partial charge on any atom is -0.462 e. The molecule has 2 rings (SSSR count). The number of carbonyl (C=O) groups excluding carboxylic acids is 2. The number of hydrogen-bond donors (Lipinski definition) is 1. The summed E-state index contributed by atoms with van der Waals surface area (Å²) in [5, 5.41) is 0. The van der Waals surface area contributed by atoms with Crippen molar-refractivity contribution in [2.75, 3.05) is 12.3 Å². The lowest BCUT2D eigenvalue weighted by Crippen LogP contribution is -2.14. The van der Waals surface area contributed by atoms with Crippen LogP contribution in [0.2, 0.25) is 0 Å². The molecule has 1 heterocycles. The highest BCUT2D eigenvalue weighted by molar-refractivity contribution is 5.99. The number of aryl methyl sites for hydroxylation is 1. The van der Waals surface area contributed by atoms with E-state index in [2.05, 4.69) is 4.98 Å². The first kappa shape index (κ1) is 12.5. The number of hydrogen-bond acceptors (Lipinski definition) is 5. The summed E-state index contributed by atoms with van der Waals surface area (Å²) in [6, 6.07) is 1.65. The average Bonchev–Trinajstić information content (AvgIpc) is 2.51. The van der Waals surface area contributed by atoms with E-state index < -0.39 is 5.97 Å². The van der Waals surface area contributed by atoms with Crippen molar-refractivity contribution in [3.8, 4) is 0 Å². The van der Waals surface area contributed by atoms with Gasteiger partial charge in [-0.05, 0) is 37.8 Å². The summed E-state index contributed by atoms with van der Waals surface area (Å²) in [4.78, 5) is 27.6. The van der Waals surface area contributed by atoms with Gasteiger partial charge in [-0.1, -0.05) is 0 Å². The molecule has 18 heavy (non-hydrogen) atoms. The van der Waals surface area contributed by atoms with Gasteiger partial charge in [0.25, 0.3) is 0 Å². The molecule has 0 bridgehead atoms. The van der Waals surface area contributed by atoms with E-state index in [4.69, 9.17) is 10.5 Å². The maximum absolute atomic E-state index is 11.8. The molecule has 0 atom stereocenters. The molecule has 1 aliphatic rings. The number of nitrogens with two attached hydrogens (primary N) is 1. The number of nitrogen functional groups attached to an aromatic ring is 1. The Morgan fingerprint density at radius 2 is 2.17 bits per heavy atom. The lowest BCUT2D eigenvalue weighted by molar-refractivity contribution is 0.0526. The predicted molar refractivity (Wildman–Crippen MR) is 66.5 cm³/mol. The molecule has 96 valence electrons. The number of aromatic nitrogens is 1. The number of Topliss-reactive ketones (excluding diaryl/α,β-unsaturated/α-hetero) is 1. The van der Waals surface area contributed by atoms with E-state index in [1.54, 1.807) is 13.0 Å². The largest absolute Gasteiger partial charge is 0.462 e. The number of fused-ring (bicyclic) bond motifs is 1. The summed E-state index contributed by atoms with van der Waals surface area (Å²) < 4.78 is 4.91. The third-order valence-corrected chi connectivity index (χ3v) is 2.99. The highest BCUT2D eigenvalue weighted by Gasteiger charge is 2.22. The number of rotatable bonds is 2. The van der Waals surface area contributed by atoms with E-state index in [0.717, 1.165) is 24.8 Å². The van der Waals surface area contributed by atoms with Crippen LogP contribution < -0.4 is 5.73 Å². The standard InChI is InChI=1S/C13H16N2O3/c1-2-18-13(17)9-7-8-5-3-4-6-10(16)11(8)15-12(9)14/h7H,2-6H2,1H3,(H2,14,15). The summed E-state index contributed by atoms with van der Waals surface area (Å²) in [5.74, 6) is -0.408. The van der Waals surface area contributed by atoms with E-state index in [1.165, 1.54) is 0 Å². The van der Waals surface area contributed by atoms with Gasteiger partial charge >= 0.3 is 5.97 Å². The van der Waals surface area contributed by atoms with Crippen LogP contribution in [0.3, 0.4) is 0 Å². The number of esters is 1. The van der Waals surface area contributed by atoms with Crippen molar-refractivity contribution in [2.24, 2.45) is 0 Å². The zero-order chi connectivity index (χ0) is 13.1. The number of carbonyl (C=O) groups is 2. The van der Waals surface area contributed by atoms with Gasteiger partial charge < -0.3 is 10.5 Å². The molecule has 0 aromatic carbocycles. The fourth-order valence-electron chi connectivity index (χ4n) is 2.09. The van der Waals surface area contributed by atoms with Crippen LogP contribution in [0.4, 0.5) is 5.82 Å². The predicted octanol–water partition coefficient (Wildman–Crippen LogP) is 1.75. The molecule has 5 nitrogen and oxygen atoms in total. The van der Waals surface area contributed by atoms with Crippen LogP contribution in [-0.4, -0.2) is 23.3 Å². The fourth-order valence-corrected chi connectivity index (χ4v) is 2.09. The van der Waals surface area contributed by atoms with Crippen molar-refractivity contribution in [2.45, 2.75) is 32.6 Å². The summed E-state index contributed by atoms with van der Waals surface area (Å²) in [6.45, 7) is 2.02. The zero-order valence-corrected chi connectivity index (χ0v) is 10.4. The Labute approximate surface area is 105 Å². The van der Waals surface area contributed by atoms with E-state index >= 15 is 0 Å². The van der Waals surface area contributed by atoms with Gasteiger partial charge in [-0.3, -0.25) is 4.79 Å². The van der Waals surface area contributed by atoms with Gasteiger partial charge in [0.2, 0.25) is 0 Å². The molecule has 0 fully saturated rings. The first-order valence-electron chi connectivity index (χ1n) is 6.13. The number of pyridine rings is 1. The van der Waals surface area contributed by atoms with Crippen LogP contribution in [0.1, 0.15) is 52.6 Å². The summed E-state index contributed by atoms with van der Waals surface area (Å²) >= 11 is 0. The lowest BCUT2D eigenvalue weighted by Gasteiger charge is -2.09. The Kier molecular flexibility index (Phi) is 3.60. The average molecular weight is 248 g/mol. The van der Waals surface area contributed by atoms with E-state index in [0.29, 0.717) is 12.1 Å². The monoisotopic (exact) mass is 248 g/mol. The quantitative estimate of drug-likeness (QED) is 0.637. The molecule has 2 N–H and O–H groups in total. The molecule has 1 aromatic rings. The second-order valence-corrected chi connectivity index (χ2v) is 4.28. The second-order valence-electron chi connectivity index (χ2n) is 4.28. The van der Waals surface area contributed by atoms with Crippen LogP contribution in [0.25, 0.3) is 0 Å². The Hall–Kier alpha value is -1.91. The summed E-state index contributed by atoms with van der Waals surface area (Å²) in [6.07, 6.45) is 3.02. The molecule has 0 unspecified atom stereocenters. The van der Waals surface area contributed by atoms with Crippen LogP contribution in [0, 0.1) is 0 Å². The Bertz CT molecular complexity index is 497. The second kappa shape index (κ2) is 5.16. The Morgan fingerprint density at radius 1 is 1.44 bits per heavy atom. The molecule has 1 aromatic heterocycles. The number of ketones is 1. The topological polar surface area (TPSA) is 82.3 Å². The molecule has 1 aliphatic carbocycles. The highest BCUT2D eigenvalue weighted by atomic mass is 16.5. The number of anilines is 1.